The molecule has 0 aliphatic carbocycles. The van der Waals surface area contributed by atoms with Gasteiger partial charge in [0.1, 0.15) is 0 Å². The fourth-order valence-corrected chi connectivity index (χ4v) is 1.67. The van der Waals surface area contributed by atoms with Gasteiger partial charge in [-0.2, -0.15) is 0 Å². The number of aliphatic hydroxyl groups is 1. The van der Waals surface area contributed by atoms with Crippen LogP contribution in [0.15, 0.2) is 24.3 Å². The van der Waals surface area contributed by atoms with Crippen LogP contribution >= 0.6 is 0 Å². The van der Waals surface area contributed by atoms with E-state index >= 15 is 0 Å². The molecule has 0 aliphatic rings. The standard InChI is InChI=1S/C15H20O/c1-4-5-6-7-15(16)14-10-8-13(9-11-14)12(2)3/h1,8-12,15-16H,5-7H2,2-3H3. The van der Waals surface area contributed by atoms with Crippen molar-refractivity contribution >= 4 is 0 Å². The van der Waals surface area contributed by atoms with Crippen molar-refractivity contribution in [3.63, 3.8) is 0 Å². The Morgan fingerprint density at radius 3 is 2.25 bits per heavy atom. The molecule has 0 radical (unpaired) electrons. The Kier molecular flexibility index (Phi) is 5.08. The summed E-state index contributed by atoms with van der Waals surface area (Å²) in [6.07, 6.45) is 7.15. The Bertz CT molecular complexity index is 343. The molecule has 0 aliphatic heterocycles. The lowest BCUT2D eigenvalue weighted by Gasteiger charge is -2.12. The topological polar surface area (TPSA) is 20.2 Å². The number of rotatable bonds is 5. The summed E-state index contributed by atoms with van der Waals surface area (Å²) in [6, 6.07) is 8.19. The Hall–Kier alpha value is -1.26. The third-order valence-corrected chi connectivity index (χ3v) is 2.79. The van der Waals surface area contributed by atoms with E-state index in [2.05, 4.69) is 31.9 Å². The van der Waals surface area contributed by atoms with Gasteiger partial charge in [0, 0.05) is 6.42 Å². The predicted octanol–water partition coefficient (Wildman–Crippen LogP) is 3.65. The highest BCUT2D eigenvalue weighted by molar-refractivity contribution is 5.26. The van der Waals surface area contributed by atoms with Gasteiger partial charge < -0.3 is 5.11 Å². The van der Waals surface area contributed by atoms with Gasteiger partial charge in [-0.05, 0) is 29.9 Å². The second-order valence-electron chi connectivity index (χ2n) is 4.43. The third-order valence-electron chi connectivity index (χ3n) is 2.79. The SMILES string of the molecule is C#CCCCC(O)c1ccc(C(C)C)cc1. The lowest BCUT2D eigenvalue weighted by atomic mass is 9.98. The summed E-state index contributed by atoms with van der Waals surface area (Å²) in [6.45, 7) is 4.33. The molecule has 0 bridgehead atoms. The van der Waals surface area contributed by atoms with Crippen molar-refractivity contribution in [3.8, 4) is 12.3 Å². The highest BCUT2D eigenvalue weighted by Gasteiger charge is 2.07. The lowest BCUT2D eigenvalue weighted by Crippen LogP contribution is -1.98. The molecular weight excluding hydrogens is 196 g/mol. The number of aliphatic hydroxyl groups excluding tert-OH is 1. The minimum absolute atomic E-state index is 0.380. The molecule has 0 saturated heterocycles. The van der Waals surface area contributed by atoms with Crippen LogP contribution in [0.4, 0.5) is 0 Å². The molecule has 1 aromatic rings. The van der Waals surface area contributed by atoms with E-state index in [9.17, 15) is 5.11 Å². The van der Waals surface area contributed by atoms with E-state index in [1.807, 2.05) is 12.1 Å². The molecule has 16 heavy (non-hydrogen) atoms. The van der Waals surface area contributed by atoms with Crippen molar-refractivity contribution in [1.29, 1.82) is 0 Å². The van der Waals surface area contributed by atoms with Gasteiger partial charge in [-0.1, -0.05) is 38.1 Å². The van der Waals surface area contributed by atoms with Crippen molar-refractivity contribution in [2.75, 3.05) is 0 Å². The maximum atomic E-state index is 9.91. The van der Waals surface area contributed by atoms with Gasteiger partial charge in [0.25, 0.3) is 0 Å². The summed E-state index contributed by atoms with van der Waals surface area (Å²) in [4.78, 5) is 0. The second-order valence-corrected chi connectivity index (χ2v) is 4.43. The van der Waals surface area contributed by atoms with Crippen molar-refractivity contribution in [2.24, 2.45) is 0 Å². The van der Waals surface area contributed by atoms with Crippen LogP contribution in [-0.4, -0.2) is 5.11 Å². The number of benzene rings is 1. The smallest absolute Gasteiger partial charge is 0.0790 e. The Morgan fingerprint density at radius 1 is 1.19 bits per heavy atom. The van der Waals surface area contributed by atoms with Gasteiger partial charge in [-0.3, -0.25) is 0 Å². The largest absolute Gasteiger partial charge is 0.388 e. The van der Waals surface area contributed by atoms with Crippen LogP contribution in [0.25, 0.3) is 0 Å². The first-order chi connectivity index (χ1) is 7.65. The fraction of sp³-hybridized carbons (Fsp3) is 0.467. The summed E-state index contributed by atoms with van der Waals surface area (Å²) in [5, 5.41) is 9.91. The van der Waals surface area contributed by atoms with Crippen LogP contribution in [0.1, 0.15) is 56.3 Å². The number of hydrogen-bond acceptors (Lipinski definition) is 1. The molecule has 1 aromatic carbocycles. The summed E-state index contributed by atoms with van der Waals surface area (Å²) < 4.78 is 0. The molecule has 0 heterocycles. The first-order valence-electron chi connectivity index (χ1n) is 5.86. The van der Waals surface area contributed by atoms with Gasteiger partial charge in [-0.15, -0.1) is 12.3 Å². The molecular formula is C15H20O. The fourth-order valence-electron chi connectivity index (χ4n) is 1.67. The van der Waals surface area contributed by atoms with Gasteiger partial charge in [0.15, 0.2) is 0 Å². The van der Waals surface area contributed by atoms with E-state index in [1.54, 1.807) is 0 Å². The summed E-state index contributed by atoms with van der Waals surface area (Å²) in [7, 11) is 0. The maximum Gasteiger partial charge on any atom is 0.0790 e. The zero-order valence-electron chi connectivity index (χ0n) is 10.1. The summed E-state index contributed by atoms with van der Waals surface area (Å²) >= 11 is 0. The number of unbranched alkanes of at least 4 members (excludes halogenated alkanes) is 1. The van der Waals surface area contributed by atoms with E-state index < -0.39 is 0 Å². The molecule has 0 amide bonds. The van der Waals surface area contributed by atoms with E-state index in [1.165, 1.54) is 5.56 Å². The molecule has 1 atom stereocenters. The minimum Gasteiger partial charge on any atom is -0.388 e. The predicted molar refractivity (Wildman–Crippen MR) is 68.2 cm³/mol. The van der Waals surface area contributed by atoms with Crippen LogP contribution in [-0.2, 0) is 0 Å². The minimum atomic E-state index is -0.380. The highest BCUT2D eigenvalue weighted by Crippen LogP contribution is 2.21. The quantitative estimate of drug-likeness (QED) is 0.588. The lowest BCUT2D eigenvalue weighted by molar-refractivity contribution is 0.165. The highest BCUT2D eigenvalue weighted by atomic mass is 16.3. The second kappa shape index (κ2) is 6.35. The molecule has 1 N–H and O–H groups in total. The number of terminal acetylenes is 1. The van der Waals surface area contributed by atoms with Crippen LogP contribution in [0.2, 0.25) is 0 Å². The molecule has 1 nitrogen and oxygen atoms in total. The molecule has 0 spiro atoms. The third kappa shape index (κ3) is 3.72. The Labute approximate surface area is 98.5 Å². The van der Waals surface area contributed by atoms with Crippen LogP contribution in [0, 0.1) is 12.3 Å². The van der Waals surface area contributed by atoms with Crippen LogP contribution in [0.5, 0.6) is 0 Å². The van der Waals surface area contributed by atoms with Gasteiger partial charge in [0.2, 0.25) is 0 Å². The average molecular weight is 216 g/mol. The zero-order valence-corrected chi connectivity index (χ0v) is 10.1. The first-order valence-corrected chi connectivity index (χ1v) is 5.86. The molecule has 1 unspecified atom stereocenters. The summed E-state index contributed by atoms with van der Waals surface area (Å²) in [5.41, 5.74) is 2.29. The van der Waals surface area contributed by atoms with Gasteiger partial charge >= 0.3 is 0 Å². The normalized spacial score (nSPS) is 12.4. The monoisotopic (exact) mass is 216 g/mol. The summed E-state index contributed by atoms with van der Waals surface area (Å²) in [5.74, 6) is 3.12. The Balaban J connectivity index is 2.56. The van der Waals surface area contributed by atoms with Crippen LogP contribution < -0.4 is 0 Å². The van der Waals surface area contributed by atoms with E-state index in [4.69, 9.17) is 6.42 Å². The van der Waals surface area contributed by atoms with Crippen LogP contribution in [0.3, 0.4) is 0 Å². The molecule has 0 fully saturated rings. The molecule has 1 rings (SSSR count). The number of hydrogen-bond donors (Lipinski definition) is 1. The van der Waals surface area contributed by atoms with Gasteiger partial charge in [0.05, 0.1) is 6.10 Å². The van der Waals surface area contributed by atoms with Crippen molar-refractivity contribution < 1.29 is 5.11 Å². The van der Waals surface area contributed by atoms with E-state index in [0.717, 1.165) is 24.8 Å². The van der Waals surface area contributed by atoms with Gasteiger partial charge in [-0.25, -0.2) is 0 Å². The maximum absolute atomic E-state index is 9.91. The van der Waals surface area contributed by atoms with Crippen molar-refractivity contribution in [3.05, 3.63) is 35.4 Å². The first kappa shape index (κ1) is 12.8. The molecule has 1 heteroatoms. The average Bonchev–Trinajstić information content (AvgIpc) is 2.29. The van der Waals surface area contributed by atoms with Crippen molar-refractivity contribution in [1.82, 2.24) is 0 Å². The molecule has 0 saturated carbocycles. The molecule has 0 aromatic heterocycles. The molecule has 86 valence electrons. The van der Waals surface area contributed by atoms with E-state index in [0.29, 0.717) is 5.92 Å². The zero-order chi connectivity index (χ0) is 12.0. The van der Waals surface area contributed by atoms with E-state index in [-0.39, 0.29) is 6.10 Å². The Morgan fingerprint density at radius 2 is 1.75 bits per heavy atom. The van der Waals surface area contributed by atoms with Crippen molar-refractivity contribution in [2.45, 2.75) is 45.1 Å².